The SMILES string of the molecule is CC(C)(C)CCC(O)(CCC(C)(C)C)CCC(C)(C)C. The van der Waals surface area contributed by atoms with Gasteiger partial charge in [-0.15, -0.1) is 0 Å². The molecular formula is C19H40O. The quantitative estimate of drug-likeness (QED) is 0.616. The number of hydrogen-bond acceptors (Lipinski definition) is 1. The number of aliphatic hydroxyl groups is 1. The van der Waals surface area contributed by atoms with Gasteiger partial charge in [0.15, 0.2) is 0 Å². The van der Waals surface area contributed by atoms with E-state index in [1.165, 1.54) is 0 Å². The van der Waals surface area contributed by atoms with Gasteiger partial charge in [0.2, 0.25) is 0 Å². The van der Waals surface area contributed by atoms with Gasteiger partial charge in [0.05, 0.1) is 5.60 Å². The lowest BCUT2D eigenvalue weighted by molar-refractivity contribution is -0.0125. The molecule has 1 nitrogen and oxygen atoms in total. The molecule has 0 amide bonds. The molecule has 0 unspecified atom stereocenters. The first-order valence-corrected chi connectivity index (χ1v) is 8.34. The number of rotatable bonds is 6. The van der Waals surface area contributed by atoms with E-state index in [-0.39, 0.29) is 0 Å². The maximum absolute atomic E-state index is 11.1. The van der Waals surface area contributed by atoms with Crippen LogP contribution in [0.15, 0.2) is 0 Å². The summed E-state index contributed by atoms with van der Waals surface area (Å²) in [6.07, 6.45) is 6.08. The second-order valence-electron chi connectivity index (χ2n) is 10.4. The van der Waals surface area contributed by atoms with Crippen molar-refractivity contribution >= 4 is 0 Å². The smallest absolute Gasteiger partial charge is 0.0648 e. The Morgan fingerprint density at radius 1 is 0.450 bits per heavy atom. The van der Waals surface area contributed by atoms with E-state index in [0.717, 1.165) is 38.5 Å². The topological polar surface area (TPSA) is 20.2 Å². The zero-order chi connectivity index (χ0) is 16.2. The lowest BCUT2D eigenvalue weighted by atomic mass is 9.75. The predicted octanol–water partition coefficient (Wildman–Crippen LogP) is 6.20. The van der Waals surface area contributed by atoms with Crippen molar-refractivity contribution in [1.29, 1.82) is 0 Å². The molecule has 0 aromatic heterocycles. The molecule has 0 heterocycles. The summed E-state index contributed by atoms with van der Waals surface area (Å²) in [7, 11) is 0. The summed E-state index contributed by atoms with van der Waals surface area (Å²) in [6.45, 7) is 20.4. The molecule has 122 valence electrons. The van der Waals surface area contributed by atoms with Crippen LogP contribution in [0, 0.1) is 16.2 Å². The molecule has 0 fully saturated rings. The van der Waals surface area contributed by atoms with Gasteiger partial charge in [-0.3, -0.25) is 0 Å². The summed E-state index contributed by atoms with van der Waals surface area (Å²) in [5, 5.41) is 11.1. The van der Waals surface area contributed by atoms with Crippen molar-refractivity contribution in [2.75, 3.05) is 0 Å². The van der Waals surface area contributed by atoms with Crippen LogP contribution in [0.2, 0.25) is 0 Å². The highest BCUT2D eigenvalue weighted by Crippen LogP contribution is 2.37. The Bertz CT molecular complexity index is 224. The molecule has 0 radical (unpaired) electrons. The van der Waals surface area contributed by atoms with Crippen molar-refractivity contribution in [1.82, 2.24) is 0 Å². The van der Waals surface area contributed by atoms with Crippen LogP contribution >= 0.6 is 0 Å². The van der Waals surface area contributed by atoms with Gasteiger partial charge in [0.1, 0.15) is 0 Å². The van der Waals surface area contributed by atoms with E-state index in [1.54, 1.807) is 0 Å². The first kappa shape index (κ1) is 20.0. The van der Waals surface area contributed by atoms with Crippen molar-refractivity contribution in [2.24, 2.45) is 16.2 Å². The van der Waals surface area contributed by atoms with Crippen LogP contribution in [0.1, 0.15) is 101 Å². The fraction of sp³-hybridized carbons (Fsp3) is 1.00. The standard InChI is InChI=1S/C19H40O/c1-16(2,3)10-13-19(20,14-11-17(4,5)6)15-12-18(7,8)9/h20H,10-15H2,1-9H3. The third kappa shape index (κ3) is 11.8. The van der Waals surface area contributed by atoms with E-state index >= 15 is 0 Å². The van der Waals surface area contributed by atoms with Gasteiger partial charge in [-0.2, -0.15) is 0 Å². The van der Waals surface area contributed by atoms with Crippen LogP contribution in [0.4, 0.5) is 0 Å². The van der Waals surface area contributed by atoms with Crippen molar-refractivity contribution in [2.45, 2.75) is 106 Å². The monoisotopic (exact) mass is 284 g/mol. The molecule has 0 aliphatic heterocycles. The minimum atomic E-state index is -0.478. The van der Waals surface area contributed by atoms with Gasteiger partial charge in [0.25, 0.3) is 0 Å². The molecule has 0 aromatic carbocycles. The molecule has 1 heteroatoms. The second kappa shape index (κ2) is 6.81. The largest absolute Gasteiger partial charge is 0.390 e. The highest BCUT2D eigenvalue weighted by atomic mass is 16.3. The van der Waals surface area contributed by atoms with E-state index < -0.39 is 5.60 Å². The van der Waals surface area contributed by atoms with Crippen LogP contribution in [0.25, 0.3) is 0 Å². The Kier molecular flexibility index (Phi) is 6.80. The fourth-order valence-corrected chi connectivity index (χ4v) is 2.20. The first-order chi connectivity index (χ1) is 8.62. The van der Waals surface area contributed by atoms with Crippen LogP contribution in [0.5, 0.6) is 0 Å². The molecule has 0 aromatic rings. The molecule has 20 heavy (non-hydrogen) atoms. The Morgan fingerprint density at radius 2 is 0.650 bits per heavy atom. The third-order valence-corrected chi connectivity index (χ3v) is 4.02. The fourth-order valence-electron chi connectivity index (χ4n) is 2.20. The maximum atomic E-state index is 11.1. The average Bonchev–Trinajstić information content (AvgIpc) is 2.18. The molecular weight excluding hydrogens is 244 g/mol. The van der Waals surface area contributed by atoms with E-state index in [4.69, 9.17) is 0 Å². The summed E-state index contributed by atoms with van der Waals surface area (Å²) in [5.41, 5.74) is 0.431. The van der Waals surface area contributed by atoms with Gasteiger partial charge in [-0.1, -0.05) is 62.3 Å². The first-order valence-electron chi connectivity index (χ1n) is 8.34. The average molecular weight is 285 g/mol. The van der Waals surface area contributed by atoms with Crippen molar-refractivity contribution in [3.63, 3.8) is 0 Å². The molecule has 0 spiro atoms. The zero-order valence-corrected chi connectivity index (χ0v) is 15.7. The maximum Gasteiger partial charge on any atom is 0.0648 e. The van der Waals surface area contributed by atoms with Gasteiger partial charge in [0, 0.05) is 0 Å². The van der Waals surface area contributed by atoms with Crippen LogP contribution in [-0.2, 0) is 0 Å². The van der Waals surface area contributed by atoms with E-state index in [9.17, 15) is 5.11 Å². The Hall–Kier alpha value is -0.0400. The van der Waals surface area contributed by atoms with Crippen molar-refractivity contribution in [3.8, 4) is 0 Å². The lowest BCUT2D eigenvalue weighted by Gasteiger charge is -2.35. The lowest BCUT2D eigenvalue weighted by Crippen LogP contribution is -2.33. The summed E-state index contributed by atoms with van der Waals surface area (Å²) < 4.78 is 0. The minimum Gasteiger partial charge on any atom is -0.390 e. The summed E-state index contributed by atoms with van der Waals surface area (Å²) in [6, 6.07) is 0. The summed E-state index contributed by atoms with van der Waals surface area (Å²) in [4.78, 5) is 0. The van der Waals surface area contributed by atoms with Crippen LogP contribution in [-0.4, -0.2) is 10.7 Å². The van der Waals surface area contributed by atoms with Gasteiger partial charge in [-0.25, -0.2) is 0 Å². The third-order valence-electron chi connectivity index (χ3n) is 4.02. The Morgan fingerprint density at radius 3 is 0.800 bits per heavy atom. The molecule has 0 rings (SSSR count). The highest BCUT2D eigenvalue weighted by Gasteiger charge is 2.31. The van der Waals surface area contributed by atoms with Crippen molar-refractivity contribution in [3.05, 3.63) is 0 Å². The van der Waals surface area contributed by atoms with Gasteiger partial charge in [-0.05, 0) is 54.8 Å². The Balaban J connectivity index is 4.66. The second-order valence-corrected chi connectivity index (χ2v) is 10.4. The molecule has 0 aliphatic carbocycles. The van der Waals surface area contributed by atoms with Crippen LogP contribution < -0.4 is 0 Å². The molecule has 0 saturated heterocycles. The molecule has 0 aliphatic rings. The molecule has 1 N–H and O–H groups in total. The van der Waals surface area contributed by atoms with Crippen molar-refractivity contribution < 1.29 is 5.11 Å². The molecule has 0 bridgehead atoms. The zero-order valence-electron chi connectivity index (χ0n) is 15.7. The summed E-state index contributed by atoms with van der Waals surface area (Å²) >= 11 is 0. The van der Waals surface area contributed by atoms with E-state index in [1.807, 2.05) is 0 Å². The molecule has 0 saturated carbocycles. The van der Waals surface area contributed by atoms with Crippen LogP contribution in [0.3, 0.4) is 0 Å². The predicted molar refractivity (Wildman–Crippen MR) is 91.0 cm³/mol. The minimum absolute atomic E-state index is 0.303. The highest BCUT2D eigenvalue weighted by molar-refractivity contribution is 4.84. The van der Waals surface area contributed by atoms with E-state index in [2.05, 4.69) is 62.3 Å². The summed E-state index contributed by atoms with van der Waals surface area (Å²) in [5.74, 6) is 0. The normalized spacial score (nSPS) is 14.7. The molecule has 0 atom stereocenters. The van der Waals surface area contributed by atoms with Gasteiger partial charge >= 0.3 is 0 Å². The van der Waals surface area contributed by atoms with Gasteiger partial charge < -0.3 is 5.11 Å². The van der Waals surface area contributed by atoms with E-state index in [0.29, 0.717) is 16.2 Å². The Labute approximate surface area is 128 Å². The number of hydrogen-bond donors (Lipinski definition) is 1.